The summed E-state index contributed by atoms with van der Waals surface area (Å²) in [6.45, 7) is 2.02. The van der Waals surface area contributed by atoms with Crippen LogP contribution in [0.2, 0.25) is 5.15 Å². The molecule has 7 heteroatoms. The molecule has 26 heavy (non-hydrogen) atoms. The monoisotopic (exact) mass is 382 g/mol. The van der Waals surface area contributed by atoms with Gasteiger partial charge in [-0.1, -0.05) is 41.4 Å². The number of rotatable bonds is 3. The first kappa shape index (κ1) is 16.9. The second-order valence-electron chi connectivity index (χ2n) is 5.96. The fraction of sp³-hybridized carbons (Fsp3) is 0.105. The molecule has 0 saturated heterocycles. The number of aliphatic hydroxyl groups is 1. The zero-order valence-electron chi connectivity index (χ0n) is 13.8. The van der Waals surface area contributed by atoms with Crippen LogP contribution in [0.4, 0.5) is 5.82 Å². The van der Waals surface area contributed by atoms with Crippen LogP contribution in [0, 0.1) is 6.92 Å². The Kier molecular flexibility index (Phi) is 4.32. The van der Waals surface area contributed by atoms with Gasteiger partial charge in [0.25, 0.3) is 0 Å². The van der Waals surface area contributed by atoms with E-state index in [2.05, 4.69) is 15.0 Å². The highest BCUT2D eigenvalue weighted by atomic mass is 35.5. The number of fused-ring (bicyclic) bond motifs is 1. The van der Waals surface area contributed by atoms with E-state index in [0.29, 0.717) is 22.1 Å². The summed E-state index contributed by atoms with van der Waals surface area (Å²) in [6.07, 6.45) is 0.693. The molecule has 0 aliphatic rings. The molecule has 130 valence electrons. The molecule has 0 fully saturated rings. The summed E-state index contributed by atoms with van der Waals surface area (Å²) in [5.41, 5.74) is 8.73. The maximum Gasteiger partial charge on any atom is 0.163 e. The zero-order chi connectivity index (χ0) is 18.3. The van der Waals surface area contributed by atoms with Crippen molar-refractivity contribution in [3.05, 3.63) is 69.8 Å². The fourth-order valence-electron chi connectivity index (χ4n) is 2.77. The molecule has 0 aliphatic carbocycles. The first-order valence-corrected chi connectivity index (χ1v) is 9.15. The smallest absolute Gasteiger partial charge is 0.163 e. The predicted molar refractivity (Wildman–Crippen MR) is 105 cm³/mol. The molecule has 3 heterocycles. The van der Waals surface area contributed by atoms with Crippen molar-refractivity contribution in [1.29, 1.82) is 0 Å². The molecule has 1 atom stereocenters. The second kappa shape index (κ2) is 6.64. The van der Waals surface area contributed by atoms with E-state index in [1.807, 2.05) is 37.3 Å². The largest absolute Gasteiger partial charge is 0.383 e. The minimum absolute atomic E-state index is 0.275. The lowest BCUT2D eigenvalue weighted by Crippen LogP contribution is -1.99. The Hall–Kier alpha value is -2.54. The van der Waals surface area contributed by atoms with Gasteiger partial charge in [-0.05, 0) is 25.1 Å². The summed E-state index contributed by atoms with van der Waals surface area (Å²) < 4.78 is 0. The van der Waals surface area contributed by atoms with Gasteiger partial charge in [-0.15, -0.1) is 11.3 Å². The van der Waals surface area contributed by atoms with Crippen LogP contribution in [0.1, 0.15) is 22.1 Å². The number of aliphatic hydroxyl groups excluding tert-OH is 1. The van der Waals surface area contributed by atoms with E-state index in [1.54, 1.807) is 18.3 Å². The van der Waals surface area contributed by atoms with Gasteiger partial charge in [0.2, 0.25) is 0 Å². The van der Waals surface area contributed by atoms with Gasteiger partial charge in [-0.25, -0.2) is 15.0 Å². The summed E-state index contributed by atoms with van der Waals surface area (Å²) in [7, 11) is 0. The van der Waals surface area contributed by atoms with Crippen molar-refractivity contribution in [2.75, 3.05) is 5.73 Å². The van der Waals surface area contributed by atoms with Crippen LogP contribution >= 0.6 is 22.9 Å². The Balaban J connectivity index is 1.80. The van der Waals surface area contributed by atoms with Crippen molar-refractivity contribution in [1.82, 2.24) is 15.0 Å². The van der Waals surface area contributed by atoms with Gasteiger partial charge in [0.15, 0.2) is 5.82 Å². The summed E-state index contributed by atoms with van der Waals surface area (Å²) in [5, 5.41) is 11.7. The lowest BCUT2D eigenvalue weighted by Gasteiger charge is -2.09. The molecule has 1 aromatic carbocycles. The highest BCUT2D eigenvalue weighted by Gasteiger charge is 2.19. The first-order chi connectivity index (χ1) is 12.5. The van der Waals surface area contributed by atoms with Crippen LogP contribution in [0.25, 0.3) is 21.6 Å². The molecular formula is C19H15ClN4OS. The number of benzene rings is 1. The van der Waals surface area contributed by atoms with Gasteiger partial charge in [0, 0.05) is 22.2 Å². The van der Waals surface area contributed by atoms with E-state index >= 15 is 0 Å². The van der Waals surface area contributed by atoms with E-state index in [4.69, 9.17) is 17.3 Å². The quantitative estimate of drug-likeness (QED) is 0.513. The Morgan fingerprint density at radius 2 is 2.00 bits per heavy atom. The van der Waals surface area contributed by atoms with Gasteiger partial charge in [-0.3, -0.25) is 0 Å². The summed E-state index contributed by atoms with van der Waals surface area (Å²) in [6, 6.07) is 13.2. The normalized spacial score (nSPS) is 12.4. The molecular weight excluding hydrogens is 368 g/mol. The molecule has 0 saturated carbocycles. The zero-order valence-corrected chi connectivity index (χ0v) is 15.4. The number of hydrogen-bond donors (Lipinski definition) is 2. The van der Waals surface area contributed by atoms with Crippen molar-refractivity contribution in [2.45, 2.75) is 13.0 Å². The van der Waals surface area contributed by atoms with Crippen LogP contribution in [-0.2, 0) is 0 Å². The van der Waals surface area contributed by atoms with Crippen LogP contribution in [0.15, 0.2) is 48.7 Å². The van der Waals surface area contributed by atoms with E-state index in [0.717, 1.165) is 21.3 Å². The molecule has 0 spiro atoms. The molecule has 0 amide bonds. The van der Waals surface area contributed by atoms with E-state index in [-0.39, 0.29) is 5.15 Å². The molecule has 0 radical (unpaired) electrons. The fourth-order valence-corrected chi connectivity index (χ4v) is 4.03. The van der Waals surface area contributed by atoms with Crippen molar-refractivity contribution >= 4 is 39.0 Å². The van der Waals surface area contributed by atoms with Crippen LogP contribution < -0.4 is 5.73 Å². The van der Waals surface area contributed by atoms with Gasteiger partial charge in [-0.2, -0.15) is 0 Å². The molecule has 0 aliphatic heterocycles. The van der Waals surface area contributed by atoms with E-state index < -0.39 is 6.10 Å². The average Bonchev–Trinajstić information content (AvgIpc) is 3.06. The molecule has 4 aromatic rings. The molecule has 3 aromatic heterocycles. The molecule has 1 unspecified atom stereocenters. The third-order valence-electron chi connectivity index (χ3n) is 4.07. The summed E-state index contributed by atoms with van der Waals surface area (Å²) in [4.78, 5) is 14.5. The SMILES string of the molecule is Cc1cccc(-c2nc(N)c3cc(C(O)c4cccnc4Cl)sc3n2)c1. The highest BCUT2D eigenvalue weighted by molar-refractivity contribution is 7.18. The van der Waals surface area contributed by atoms with Crippen LogP contribution in [0.5, 0.6) is 0 Å². The topological polar surface area (TPSA) is 84.9 Å². The summed E-state index contributed by atoms with van der Waals surface area (Å²) >= 11 is 7.47. The van der Waals surface area contributed by atoms with Crippen molar-refractivity contribution in [2.24, 2.45) is 0 Å². The van der Waals surface area contributed by atoms with E-state index in [9.17, 15) is 5.11 Å². The minimum Gasteiger partial charge on any atom is -0.383 e. The third kappa shape index (κ3) is 3.03. The Labute approximate surface area is 159 Å². The lowest BCUT2D eigenvalue weighted by molar-refractivity contribution is 0.224. The number of hydrogen-bond acceptors (Lipinski definition) is 6. The van der Waals surface area contributed by atoms with E-state index in [1.165, 1.54) is 11.3 Å². The average molecular weight is 383 g/mol. The number of anilines is 1. The number of nitrogens with zero attached hydrogens (tertiary/aromatic N) is 3. The Morgan fingerprint density at radius 3 is 2.77 bits per heavy atom. The highest BCUT2D eigenvalue weighted by Crippen LogP contribution is 2.36. The number of thiophene rings is 1. The second-order valence-corrected chi connectivity index (χ2v) is 7.38. The standard InChI is InChI=1S/C19H15ClN4OS/c1-10-4-2-5-11(8-10)18-23-17(21)13-9-14(26-19(13)24-18)15(25)12-6-3-7-22-16(12)20/h2-9,15,25H,1H3,(H2,21,23,24). The number of aromatic nitrogens is 3. The maximum absolute atomic E-state index is 10.7. The molecule has 4 rings (SSSR count). The van der Waals surface area contributed by atoms with Gasteiger partial charge in [0.1, 0.15) is 21.9 Å². The maximum atomic E-state index is 10.7. The molecule has 3 N–H and O–H groups in total. The Bertz CT molecular complexity index is 1110. The molecule has 0 bridgehead atoms. The number of nitrogen functional groups attached to an aromatic ring is 1. The van der Waals surface area contributed by atoms with Crippen LogP contribution in [0.3, 0.4) is 0 Å². The molecule has 5 nitrogen and oxygen atoms in total. The van der Waals surface area contributed by atoms with Crippen molar-refractivity contribution in [3.63, 3.8) is 0 Å². The summed E-state index contributed by atoms with van der Waals surface area (Å²) in [5.74, 6) is 0.958. The number of halogens is 1. The van der Waals surface area contributed by atoms with Gasteiger partial charge in [0.05, 0.1) is 5.39 Å². The van der Waals surface area contributed by atoms with Crippen LogP contribution in [-0.4, -0.2) is 20.1 Å². The lowest BCUT2D eigenvalue weighted by atomic mass is 10.1. The number of aryl methyl sites for hydroxylation is 1. The number of nitrogens with two attached hydrogens (primary N) is 1. The third-order valence-corrected chi connectivity index (χ3v) is 5.47. The van der Waals surface area contributed by atoms with Crippen molar-refractivity contribution < 1.29 is 5.11 Å². The van der Waals surface area contributed by atoms with Gasteiger partial charge < -0.3 is 10.8 Å². The minimum atomic E-state index is -0.891. The first-order valence-electron chi connectivity index (χ1n) is 7.95. The Morgan fingerprint density at radius 1 is 1.15 bits per heavy atom. The predicted octanol–water partition coefficient (Wildman–Crippen LogP) is 4.38. The van der Waals surface area contributed by atoms with Crippen molar-refractivity contribution in [3.8, 4) is 11.4 Å². The van der Waals surface area contributed by atoms with Gasteiger partial charge >= 0.3 is 0 Å². The number of pyridine rings is 1.